The Bertz CT molecular complexity index is 476. The van der Waals surface area contributed by atoms with Crippen molar-refractivity contribution in [3.8, 4) is 11.4 Å². The molecule has 0 saturated carbocycles. The van der Waals surface area contributed by atoms with Crippen LogP contribution >= 0.6 is 0 Å². The van der Waals surface area contributed by atoms with Gasteiger partial charge in [0.1, 0.15) is 11.6 Å². The van der Waals surface area contributed by atoms with E-state index in [1.165, 1.54) is 0 Å². The molecule has 0 spiro atoms. The molecule has 1 aromatic carbocycles. The van der Waals surface area contributed by atoms with E-state index in [1.54, 1.807) is 13.3 Å². The Balaban J connectivity index is 2.56. The first-order chi connectivity index (χ1) is 7.22. The Labute approximate surface area is 88.3 Å². The van der Waals surface area contributed by atoms with Gasteiger partial charge in [0, 0.05) is 18.5 Å². The number of anilines is 1. The van der Waals surface area contributed by atoms with Gasteiger partial charge in [-0.15, -0.1) is 0 Å². The van der Waals surface area contributed by atoms with E-state index < -0.39 is 0 Å². The van der Waals surface area contributed by atoms with Crippen LogP contribution < -0.4 is 10.5 Å². The van der Waals surface area contributed by atoms with Gasteiger partial charge in [-0.05, 0) is 19.1 Å². The van der Waals surface area contributed by atoms with Crippen LogP contribution in [0.4, 0.5) is 5.69 Å². The Morgan fingerprint density at radius 2 is 2.20 bits per heavy atom. The van der Waals surface area contributed by atoms with Crippen molar-refractivity contribution >= 4 is 5.69 Å². The summed E-state index contributed by atoms with van der Waals surface area (Å²) in [6.45, 7) is 1.93. The Hall–Kier alpha value is -1.97. The van der Waals surface area contributed by atoms with E-state index in [9.17, 15) is 0 Å². The topological polar surface area (TPSA) is 53.1 Å². The number of benzene rings is 1. The lowest BCUT2D eigenvalue weighted by Gasteiger charge is -2.10. The molecule has 0 atom stereocenters. The van der Waals surface area contributed by atoms with Crippen molar-refractivity contribution in [2.45, 2.75) is 6.92 Å². The third kappa shape index (κ3) is 1.66. The highest BCUT2D eigenvalue weighted by Gasteiger charge is 2.05. The van der Waals surface area contributed by atoms with Crippen LogP contribution in [0.15, 0.2) is 30.6 Å². The number of aromatic nitrogens is 2. The minimum Gasteiger partial charge on any atom is -0.497 e. The maximum atomic E-state index is 5.90. The van der Waals surface area contributed by atoms with Gasteiger partial charge < -0.3 is 15.0 Å². The van der Waals surface area contributed by atoms with E-state index >= 15 is 0 Å². The Kier molecular flexibility index (Phi) is 2.33. The third-order valence-electron chi connectivity index (χ3n) is 2.32. The summed E-state index contributed by atoms with van der Waals surface area (Å²) in [6.07, 6.45) is 3.62. The van der Waals surface area contributed by atoms with Crippen molar-refractivity contribution < 1.29 is 4.74 Å². The number of ether oxygens (including phenoxy) is 1. The van der Waals surface area contributed by atoms with E-state index in [1.807, 2.05) is 35.9 Å². The molecule has 0 amide bonds. The number of nitrogens with zero attached hydrogens (tertiary/aromatic N) is 2. The normalized spacial score (nSPS) is 10.3. The number of aryl methyl sites for hydroxylation is 1. The van der Waals surface area contributed by atoms with E-state index in [-0.39, 0.29) is 0 Å². The SMILES string of the molecule is COc1ccc(N)c(-n2ccnc2C)c1. The zero-order valence-corrected chi connectivity index (χ0v) is 8.77. The van der Waals surface area contributed by atoms with Gasteiger partial charge >= 0.3 is 0 Å². The third-order valence-corrected chi connectivity index (χ3v) is 2.32. The lowest BCUT2D eigenvalue weighted by atomic mass is 10.2. The molecule has 0 radical (unpaired) electrons. The van der Waals surface area contributed by atoms with Crippen LogP contribution in [0.25, 0.3) is 5.69 Å². The maximum absolute atomic E-state index is 5.90. The lowest BCUT2D eigenvalue weighted by molar-refractivity contribution is 0.414. The number of nitrogens with two attached hydrogens (primary N) is 1. The Morgan fingerprint density at radius 3 is 2.80 bits per heavy atom. The fourth-order valence-electron chi connectivity index (χ4n) is 1.49. The summed E-state index contributed by atoms with van der Waals surface area (Å²) >= 11 is 0. The zero-order valence-electron chi connectivity index (χ0n) is 8.77. The predicted octanol–water partition coefficient (Wildman–Crippen LogP) is 1.77. The van der Waals surface area contributed by atoms with E-state index in [0.717, 1.165) is 17.3 Å². The van der Waals surface area contributed by atoms with Gasteiger partial charge in [-0.2, -0.15) is 0 Å². The van der Waals surface area contributed by atoms with Gasteiger partial charge in [0.25, 0.3) is 0 Å². The molecule has 4 heteroatoms. The predicted molar refractivity (Wildman–Crippen MR) is 59.3 cm³/mol. The fourth-order valence-corrected chi connectivity index (χ4v) is 1.49. The van der Waals surface area contributed by atoms with Crippen LogP contribution in [0.5, 0.6) is 5.75 Å². The molecule has 15 heavy (non-hydrogen) atoms. The van der Waals surface area contributed by atoms with Crippen molar-refractivity contribution in [1.82, 2.24) is 9.55 Å². The first-order valence-corrected chi connectivity index (χ1v) is 4.66. The average Bonchev–Trinajstić information content (AvgIpc) is 2.65. The molecule has 1 heterocycles. The summed E-state index contributed by atoms with van der Waals surface area (Å²) in [5.41, 5.74) is 7.50. The molecule has 2 N–H and O–H groups in total. The van der Waals surface area contributed by atoms with Gasteiger partial charge in [0.05, 0.1) is 18.5 Å². The molecule has 0 fully saturated rings. The minimum atomic E-state index is 0.705. The number of hydrogen-bond donors (Lipinski definition) is 1. The van der Waals surface area contributed by atoms with Crippen LogP contribution in [0, 0.1) is 6.92 Å². The van der Waals surface area contributed by atoms with Crippen LogP contribution in [0.2, 0.25) is 0 Å². The molecule has 0 unspecified atom stereocenters. The van der Waals surface area contributed by atoms with Crippen molar-refractivity contribution in [3.63, 3.8) is 0 Å². The quantitative estimate of drug-likeness (QED) is 0.757. The van der Waals surface area contributed by atoms with Gasteiger partial charge in [-0.1, -0.05) is 0 Å². The molecule has 1 aromatic heterocycles. The summed E-state index contributed by atoms with van der Waals surface area (Å²) in [4.78, 5) is 4.16. The van der Waals surface area contributed by atoms with Gasteiger partial charge in [0.15, 0.2) is 0 Å². The van der Waals surface area contributed by atoms with Crippen molar-refractivity contribution in [2.75, 3.05) is 12.8 Å². The summed E-state index contributed by atoms with van der Waals surface area (Å²) in [7, 11) is 1.63. The van der Waals surface area contributed by atoms with E-state index in [2.05, 4.69) is 4.98 Å². The number of methoxy groups -OCH3 is 1. The Morgan fingerprint density at radius 1 is 1.40 bits per heavy atom. The highest BCUT2D eigenvalue weighted by Crippen LogP contribution is 2.23. The molecule has 2 aromatic rings. The zero-order chi connectivity index (χ0) is 10.8. The van der Waals surface area contributed by atoms with Crippen LogP contribution in [-0.2, 0) is 0 Å². The standard InChI is InChI=1S/C11H13N3O/c1-8-13-5-6-14(8)11-7-9(15-2)3-4-10(11)12/h3-7H,12H2,1-2H3. The van der Waals surface area contributed by atoms with Crippen LogP contribution in [-0.4, -0.2) is 16.7 Å². The average molecular weight is 203 g/mol. The first kappa shape index (κ1) is 9.58. The molecular formula is C11H13N3O. The van der Waals surface area contributed by atoms with Crippen molar-refractivity contribution in [1.29, 1.82) is 0 Å². The van der Waals surface area contributed by atoms with Crippen LogP contribution in [0.1, 0.15) is 5.82 Å². The molecule has 2 rings (SSSR count). The summed E-state index contributed by atoms with van der Waals surface area (Å²) in [5, 5.41) is 0. The first-order valence-electron chi connectivity index (χ1n) is 4.66. The number of hydrogen-bond acceptors (Lipinski definition) is 3. The second-order valence-corrected chi connectivity index (χ2v) is 3.27. The molecule has 0 saturated heterocycles. The van der Waals surface area contributed by atoms with Gasteiger partial charge in [-0.25, -0.2) is 4.98 Å². The van der Waals surface area contributed by atoms with Gasteiger partial charge in [0.2, 0.25) is 0 Å². The summed E-state index contributed by atoms with van der Waals surface area (Å²) in [5.74, 6) is 1.68. The largest absolute Gasteiger partial charge is 0.497 e. The minimum absolute atomic E-state index is 0.705. The van der Waals surface area contributed by atoms with Crippen molar-refractivity contribution in [2.24, 2.45) is 0 Å². The molecule has 0 bridgehead atoms. The summed E-state index contributed by atoms with van der Waals surface area (Å²) < 4.78 is 7.09. The highest BCUT2D eigenvalue weighted by atomic mass is 16.5. The van der Waals surface area contributed by atoms with E-state index in [0.29, 0.717) is 5.69 Å². The summed E-state index contributed by atoms with van der Waals surface area (Å²) in [6, 6.07) is 5.56. The highest BCUT2D eigenvalue weighted by molar-refractivity contribution is 5.60. The van der Waals surface area contributed by atoms with Crippen LogP contribution in [0.3, 0.4) is 0 Å². The lowest BCUT2D eigenvalue weighted by Crippen LogP contribution is -2.01. The molecule has 78 valence electrons. The molecule has 0 aliphatic carbocycles. The monoisotopic (exact) mass is 203 g/mol. The molecular weight excluding hydrogens is 190 g/mol. The van der Waals surface area contributed by atoms with Crippen molar-refractivity contribution in [3.05, 3.63) is 36.4 Å². The maximum Gasteiger partial charge on any atom is 0.121 e. The molecule has 0 aliphatic rings. The number of imidazole rings is 1. The van der Waals surface area contributed by atoms with E-state index in [4.69, 9.17) is 10.5 Å². The second kappa shape index (κ2) is 3.65. The molecule has 4 nitrogen and oxygen atoms in total. The second-order valence-electron chi connectivity index (χ2n) is 3.27. The molecule has 0 aliphatic heterocycles. The smallest absolute Gasteiger partial charge is 0.121 e. The number of nitrogen functional groups attached to an aromatic ring is 1. The van der Waals surface area contributed by atoms with Gasteiger partial charge in [-0.3, -0.25) is 0 Å². The fraction of sp³-hybridized carbons (Fsp3) is 0.182. The number of rotatable bonds is 2.